The maximum atomic E-state index is 13.5. The molecular formula is C22H23F2N4O2+. The predicted molar refractivity (Wildman–Crippen MR) is 107 cm³/mol. The number of quaternary nitrogens is 1. The monoisotopic (exact) mass is 413 g/mol. The third-order valence-corrected chi connectivity index (χ3v) is 5.66. The molecule has 1 fully saturated rings. The van der Waals surface area contributed by atoms with E-state index in [2.05, 4.69) is 10.5 Å². The summed E-state index contributed by atoms with van der Waals surface area (Å²) in [7, 11) is 0. The van der Waals surface area contributed by atoms with E-state index >= 15 is 0 Å². The first-order valence-corrected chi connectivity index (χ1v) is 10.0. The van der Waals surface area contributed by atoms with Crippen LogP contribution in [0.5, 0.6) is 0 Å². The summed E-state index contributed by atoms with van der Waals surface area (Å²) in [6.45, 7) is 2.45. The van der Waals surface area contributed by atoms with Crippen LogP contribution in [-0.4, -0.2) is 48.6 Å². The van der Waals surface area contributed by atoms with Crippen molar-refractivity contribution in [2.75, 3.05) is 26.2 Å². The van der Waals surface area contributed by atoms with Crippen molar-refractivity contribution >= 4 is 17.5 Å². The fourth-order valence-electron chi connectivity index (χ4n) is 4.07. The molecule has 0 unspecified atom stereocenters. The second kappa shape index (κ2) is 8.71. The molecule has 2 amide bonds. The van der Waals surface area contributed by atoms with Gasteiger partial charge in [-0.25, -0.2) is 14.2 Å². The van der Waals surface area contributed by atoms with E-state index < -0.39 is 0 Å². The highest BCUT2D eigenvalue weighted by atomic mass is 19.1. The number of rotatable bonds is 4. The van der Waals surface area contributed by atoms with Gasteiger partial charge in [0.1, 0.15) is 23.4 Å². The van der Waals surface area contributed by atoms with Crippen molar-refractivity contribution in [2.24, 2.45) is 5.10 Å². The smallest absolute Gasteiger partial charge is 0.270 e. The molecule has 156 valence electrons. The molecule has 2 N–H and O–H groups in total. The topological polar surface area (TPSA) is 66.2 Å². The van der Waals surface area contributed by atoms with Gasteiger partial charge in [0, 0.05) is 24.0 Å². The Kier molecular flexibility index (Phi) is 5.85. The lowest BCUT2D eigenvalue weighted by Crippen LogP contribution is -3.15. The number of nitrogens with zero attached hydrogens (tertiary/aromatic N) is 2. The third-order valence-electron chi connectivity index (χ3n) is 5.66. The highest BCUT2D eigenvalue weighted by molar-refractivity contribution is 6.39. The van der Waals surface area contributed by atoms with Crippen molar-refractivity contribution in [1.29, 1.82) is 0 Å². The van der Waals surface area contributed by atoms with Crippen LogP contribution in [-0.2, 0) is 9.59 Å². The van der Waals surface area contributed by atoms with Crippen LogP contribution in [0.3, 0.4) is 0 Å². The van der Waals surface area contributed by atoms with Crippen molar-refractivity contribution in [3.63, 3.8) is 0 Å². The molecule has 2 aromatic carbocycles. The lowest BCUT2D eigenvalue weighted by atomic mass is 9.96. The maximum absolute atomic E-state index is 13.5. The molecule has 2 heterocycles. The molecule has 4 rings (SSSR count). The minimum absolute atomic E-state index is 0.0882. The van der Waals surface area contributed by atoms with E-state index in [9.17, 15) is 18.4 Å². The van der Waals surface area contributed by atoms with Crippen LogP contribution in [0.1, 0.15) is 30.0 Å². The predicted octanol–water partition coefficient (Wildman–Crippen LogP) is 1.05. The zero-order chi connectivity index (χ0) is 21.1. The van der Waals surface area contributed by atoms with Crippen LogP contribution < -0.4 is 10.3 Å². The molecule has 2 aliphatic rings. The van der Waals surface area contributed by atoms with Gasteiger partial charge in [0.05, 0.1) is 26.2 Å². The fourth-order valence-corrected chi connectivity index (χ4v) is 4.07. The zero-order valence-electron chi connectivity index (χ0n) is 16.4. The van der Waals surface area contributed by atoms with Gasteiger partial charge in [-0.2, -0.15) is 5.10 Å². The van der Waals surface area contributed by atoms with Crippen LogP contribution in [0.25, 0.3) is 0 Å². The number of hydrazone groups is 1. The van der Waals surface area contributed by atoms with Gasteiger partial charge in [-0.05, 0) is 48.5 Å². The number of piperazine rings is 1. The molecule has 8 heteroatoms. The average Bonchev–Trinajstić information content (AvgIpc) is 2.77. The van der Waals surface area contributed by atoms with E-state index in [1.807, 2.05) is 0 Å². The van der Waals surface area contributed by atoms with Crippen molar-refractivity contribution < 1.29 is 23.3 Å². The molecule has 0 atom stereocenters. The summed E-state index contributed by atoms with van der Waals surface area (Å²) in [6, 6.07) is 12.7. The fraction of sp³-hybridized carbons (Fsp3) is 0.318. The average molecular weight is 413 g/mol. The van der Waals surface area contributed by atoms with Crippen LogP contribution in [0.15, 0.2) is 53.6 Å². The second-order valence-electron chi connectivity index (χ2n) is 7.58. The molecular weight excluding hydrogens is 390 g/mol. The standard InChI is InChI=1S/C22H22F2N4O2/c23-17-5-1-15(2-6-17)21(16-3-7-18(24)8-4-16)27-11-13-28(14-12-27)22(30)19-9-10-20(29)26-25-19/h1-8,21H,9-14H2,(H,26,29)/p+1. The zero-order valence-corrected chi connectivity index (χ0v) is 16.4. The van der Waals surface area contributed by atoms with Crippen LogP contribution >= 0.6 is 0 Å². The van der Waals surface area contributed by atoms with Gasteiger partial charge < -0.3 is 9.80 Å². The number of nitrogens with one attached hydrogen (secondary N) is 2. The first-order valence-electron chi connectivity index (χ1n) is 10.0. The number of hydrogen-bond donors (Lipinski definition) is 2. The minimum Gasteiger partial charge on any atom is -0.326 e. The van der Waals surface area contributed by atoms with Crippen LogP contribution in [0.4, 0.5) is 8.78 Å². The number of halogens is 2. The van der Waals surface area contributed by atoms with Crippen LogP contribution in [0, 0.1) is 11.6 Å². The molecule has 1 saturated heterocycles. The highest BCUT2D eigenvalue weighted by Crippen LogP contribution is 2.21. The number of hydrogen-bond acceptors (Lipinski definition) is 3. The van der Waals surface area contributed by atoms with Gasteiger partial charge in [0.15, 0.2) is 0 Å². The molecule has 6 nitrogen and oxygen atoms in total. The summed E-state index contributed by atoms with van der Waals surface area (Å²) in [5.74, 6) is -0.929. The lowest BCUT2D eigenvalue weighted by molar-refractivity contribution is -0.929. The highest BCUT2D eigenvalue weighted by Gasteiger charge is 2.33. The number of benzene rings is 2. The Morgan fingerprint density at radius 2 is 1.47 bits per heavy atom. The Morgan fingerprint density at radius 1 is 0.933 bits per heavy atom. The molecule has 0 aliphatic carbocycles. The normalized spacial score (nSPS) is 17.6. The Morgan fingerprint density at radius 3 is 1.93 bits per heavy atom. The third kappa shape index (κ3) is 4.38. The van der Waals surface area contributed by atoms with E-state index in [0.717, 1.165) is 11.1 Å². The minimum atomic E-state index is -0.303. The molecule has 0 spiro atoms. The maximum Gasteiger partial charge on any atom is 0.270 e. The van der Waals surface area contributed by atoms with Gasteiger partial charge >= 0.3 is 0 Å². The van der Waals surface area contributed by atoms with Crippen molar-refractivity contribution in [3.8, 4) is 0 Å². The number of amides is 2. The molecule has 0 saturated carbocycles. The van der Waals surface area contributed by atoms with Crippen molar-refractivity contribution in [2.45, 2.75) is 18.9 Å². The van der Waals surface area contributed by atoms with Gasteiger partial charge in [-0.3, -0.25) is 9.59 Å². The largest absolute Gasteiger partial charge is 0.326 e. The summed E-state index contributed by atoms with van der Waals surface area (Å²) < 4.78 is 26.9. The first-order chi connectivity index (χ1) is 14.5. The van der Waals surface area contributed by atoms with E-state index in [1.54, 1.807) is 29.2 Å². The van der Waals surface area contributed by atoms with Gasteiger partial charge in [0.2, 0.25) is 5.91 Å². The Hall–Kier alpha value is -3.13. The molecule has 0 aromatic heterocycles. The molecule has 2 aliphatic heterocycles. The molecule has 0 radical (unpaired) electrons. The first kappa shape index (κ1) is 20.2. The Labute approximate surface area is 173 Å². The van der Waals surface area contributed by atoms with Gasteiger partial charge in [-0.1, -0.05) is 0 Å². The van der Waals surface area contributed by atoms with Crippen molar-refractivity contribution in [1.82, 2.24) is 10.3 Å². The second-order valence-corrected chi connectivity index (χ2v) is 7.58. The molecule has 30 heavy (non-hydrogen) atoms. The van der Waals surface area contributed by atoms with E-state index in [1.165, 1.54) is 29.2 Å². The quantitative estimate of drug-likeness (QED) is 0.787. The van der Waals surface area contributed by atoms with Gasteiger partial charge in [-0.15, -0.1) is 0 Å². The SMILES string of the molecule is O=C1CCC(C(=O)N2CC[NH+](C(c3ccc(F)cc3)c3ccc(F)cc3)CC2)=NN1. The molecule has 0 bridgehead atoms. The van der Waals surface area contributed by atoms with Crippen molar-refractivity contribution in [3.05, 3.63) is 71.3 Å². The van der Waals surface area contributed by atoms with E-state index in [-0.39, 0.29) is 35.9 Å². The molecule has 2 aromatic rings. The summed E-state index contributed by atoms with van der Waals surface area (Å²) in [6.07, 6.45) is 0.624. The summed E-state index contributed by atoms with van der Waals surface area (Å²) in [5.41, 5.74) is 4.63. The van der Waals surface area contributed by atoms with E-state index in [0.29, 0.717) is 38.3 Å². The Balaban J connectivity index is 1.50. The lowest BCUT2D eigenvalue weighted by Gasteiger charge is -2.37. The summed E-state index contributed by atoms with van der Waals surface area (Å²) in [4.78, 5) is 26.9. The van der Waals surface area contributed by atoms with E-state index in [4.69, 9.17) is 0 Å². The van der Waals surface area contributed by atoms with Gasteiger partial charge in [0.25, 0.3) is 5.91 Å². The Bertz CT molecular complexity index is 907. The summed E-state index contributed by atoms with van der Waals surface area (Å²) in [5, 5.41) is 3.90. The number of carbonyl (C=O) groups excluding carboxylic acids is 2. The number of carbonyl (C=O) groups is 2. The van der Waals surface area contributed by atoms with Crippen LogP contribution in [0.2, 0.25) is 0 Å². The summed E-state index contributed by atoms with van der Waals surface area (Å²) >= 11 is 0.